The predicted molar refractivity (Wildman–Crippen MR) is 91.0 cm³/mol. The predicted octanol–water partition coefficient (Wildman–Crippen LogP) is 1.86. The Morgan fingerprint density at radius 2 is 1.83 bits per heavy atom. The van der Waals surface area contributed by atoms with E-state index in [9.17, 15) is 14.0 Å². The summed E-state index contributed by atoms with van der Waals surface area (Å²) in [5, 5.41) is 5.41. The lowest BCUT2D eigenvalue weighted by atomic mass is 9.87. The highest BCUT2D eigenvalue weighted by molar-refractivity contribution is 5.94. The number of amides is 2. The van der Waals surface area contributed by atoms with Gasteiger partial charge in [0.05, 0.1) is 6.04 Å². The van der Waals surface area contributed by atoms with Crippen LogP contribution in [0.2, 0.25) is 0 Å². The molecule has 0 radical (unpaired) electrons. The minimum atomic E-state index is -0.575. The fourth-order valence-electron chi connectivity index (χ4n) is 1.74. The molecule has 7 heteroatoms. The smallest absolute Gasteiger partial charge is 0.251 e. The molecule has 0 aliphatic rings. The minimum absolute atomic E-state index is 0. The number of carbonyl (C=O) groups excluding carboxylic acids is 2. The lowest BCUT2D eigenvalue weighted by Gasteiger charge is -2.25. The largest absolute Gasteiger partial charge is 0.355 e. The first kappa shape index (κ1) is 21.3. The Bertz CT molecular complexity index is 532. The molecule has 130 valence electrons. The van der Waals surface area contributed by atoms with Crippen LogP contribution in [0.3, 0.4) is 0 Å². The topological polar surface area (TPSA) is 84.2 Å². The zero-order valence-corrected chi connectivity index (χ0v) is 14.5. The van der Waals surface area contributed by atoms with Gasteiger partial charge in [0.25, 0.3) is 5.91 Å². The number of nitrogens with one attached hydrogen (secondary N) is 2. The van der Waals surface area contributed by atoms with Crippen molar-refractivity contribution in [1.29, 1.82) is 0 Å². The van der Waals surface area contributed by atoms with Crippen LogP contribution in [0.4, 0.5) is 4.39 Å². The fourth-order valence-corrected chi connectivity index (χ4v) is 1.74. The van der Waals surface area contributed by atoms with Crippen molar-refractivity contribution in [2.75, 3.05) is 13.1 Å². The number of carbonyl (C=O) groups is 2. The van der Waals surface area contributed by atoms with Crippen LogP contribution in [0.25, 0.3) is 0 Å². The van der Waals surface area contributed by atoms with Gasteiger partial charge in [-0.15, -0.1) is 12.4 Å². The molecule has 0 fully saturated rings. The maximum atomic E-state index is 13.0. The van der Waals surface area contributed by atoms with Crippen LogP contribution in [0.1, 0.15) is 37.6 Å². The van der Waals surface area contributed by atoms with Gasteiger partial charge >= 0.3 is 0 Å². The molecule has 0 bridgehead atoms. The molecular formula is C16H25ClFN3O2. The fraction of sp³-hybridized carbons (Fsp3) is 0.500. The van der Waals surface area contributed by atoms with Crippen molar-refractivity contribution in [3.63, 3.8) is 0 Å². The highest BCUT2D eigenvalue weighted by Crippen LogP contribution is 2.16. The van der Waals surface area contributed by atoms with Gasteiger partial charge in [0.15, 0.2) is 0 Å². The number of rotatable bonds is 6. The summed E-state index contributed by atoms with van der Waals surface area (Å²) in [7, 11) is 0. The number of halogens is 2. The van der Waals surface area contributed by atoms with E-state index in [4.69, 9.17) is 5.73 Å². The normalized spacial score (nSPS) is 12.0. The first-order valence-corrected chi connectivity index (χ1v) is 7.29. The summed E-state index contributed by atoms with van der Waals surface area (Å²) >= 11 is 0. The van der Waals surface area contributed by atoms with E-state index >= 15 is 0 Å². The van der Waals surface area contributed by atoms with Crippen molar-refractivity contribution in [1.82, 2.24) is 10.6 Å². The second kappa shape index (κ2) is 9.47. The first-order valence-electron chi connectivity index (χ1n) is 7.29. The van der Waals surface area contributed by atoms with E-state index in [0.717, 1.165) is 0 Å². The summed E-state index contributed by atoms with van der Waals surface area (Å²) in [5.74, 6) is -0.989. The van der Waals surface area contributed by atoms with E-state index in [2.05, 4.69) is 10.6 Å². The van der Waals surface area contributed by atoms with E-state index in [1.165, 1.54) is 18.2 Å². The van der Waals surface area contributed by atoms with Gasteiger partial charge < -0.3 is 16.4 Å². The summed E-state index contributed by atoms with van der Waals surface area (Å²) < 4.78 is 13.0. The molecule has 0 aliphatic carbocycles. The zero-order chi connectivity index (χ0) is 16.8. The first-order chi connectivity index (χ1) is 10.2. The van der Waals surface area contributed by atoms with Gasteiger partial charge in [0.1, 0.15) is 5.82 Å². The van der Waals surface area contributed by atoms with Crippen LogP contribution in [0.5, 0.6) is 0 Å². The number of benzene rings is 1. The van der Waals surface area contributed by atoms with Crippen LogP contribution >= 0.6 is 12.4 Å². The highest BCUT2D eigenvalue weighted by Gasteiger charge is 2.26. The van der Waals surface area contributed by atoms with E-state index in [0.29, 0.717) is 19.5 Å². The van der Waals surface area contributed by atoms with Crippen LogP contribution in [0.15, 0.2) is 24.3 Å². The third-order valence-corrected chi connectivity index (χ3v) is 3.24. The van der Waals surface area contributed by atoms with Crippen LogP contribution in [-0.4, -0.2) is 30.9 Å². The van der Waals surface area contributed by atoms with Gasteiger partial charge in [-0.05, 0) is 30.0 Å². The molecule has 1 aromatic rings. The quantitative estimate of drug-likeness (QED) is 0.688. The molecule has 0 aromatic heterocycles. The Morgan fingerprint density at radius 3 is 2.39 bits per heavy atom. The second-order valence-corrected chi connectivity index (χ2v) is 6.25. The van der Waals surface area contributed by atoms with E-state index in [1.54, 1.807) is 6.07 Å². The van der Waals surface area contributed by atoms with Crippen molar-refractivity contribution >= 4 is 24.2 Å². The second-order valence-electron chi connectivity index (χ2n) is 6.25. The van der Waals surface area contributed by atoms with Gasteiger partial charge in [-0.2, -0.15) is 0 Å². The summed E-state index contributed by atoms with van der Waals surface area (Å²) in [4.78, 5) is 23.5. The van der Waals surface area contributed by atoms with Gasteiger partial charge in [-0.25, -0.2) is 4.39 Å². The average molecular weight is 346 g/mol. The maximum absolute atomic E-state index is 13.0. The molecule has 0 heterocycles. The molecule has 4 N–H and O–H groups in total. The Hall–Kier alpha value is -1.66. The Kier molecular flexibility index (Phi) is 8.79. The van der Waals surface area contributed by atoms with E-state index < -0.39 is 11.9 Å². The van der Waals surface area contributed by atoms with Crippen molar-refractivity contribution in [3.8, 4) is 0 Å². The average Bonchev–Trinajstić information content (AvgIpc) is 2.44. The summed E-state index contributed by atoms with van der Waals surface area (Å²) in [6.07, 6.45) is 0.573. The molecule has 0 saturated heterocycles. The van der Waals surface area contributed by atoms with Gasteiger partial charge in [0, 0.05) is 18.7 Å². The van der Waals surface area contributed by atoms with Crippen LogP contribution < -0.4 is 16.4 Å². The molecule has 0 aliphatic heterocycles. The lowest BCUT2D eigenvalue weighted by molar-refractivity contribution is -0.124. The van der Waals surface area contributed by atoms with E-state index in [-0.39, 0.29) is 35.2 Å². The molecule has 23 heavy (non-hydrogen) atoms. The Balaban J connectivity index is 0.00000484. The number of hydrogen-bond donors (Lipinski definition) is 3. The maximum Gasteiger partial charge on any atom is 0.251 e. The summed E-state index contributed by atoms with van der Waals surface area (Å²) in [6.45, 7) is 6.51. The van der Waals surface area contributed by atoms with E-state index in [1.807, 2.05) is 20.8 Å². The molecule has 5 nitrogen and oxygen atoms in total. The Morgan fingerprint density at radius 1 is 1.22 bits per heavy atom. The Labute approximate surface area is 142 Å². The third kappa shape index (κ3) is 7.43. The van der Waals surface area contributed by atoms with Crippen molar-refractivity contribution < 1.29 is 14.0 Å². The van der Waals surface area contributed by atoms with Crippen LogP contribution in [-0.2, 0) is 4.79 Å². The SMILES string of the molecule is CC(C)(C)[C@H](N)C(=O)NCCCNC(=O)c1cccc(F)c1.Cl. The monoisotopic (exact) mass is 345 g/mol. The molecular weight excluding hydrogens is 321 g/mol. The number of hydrogen-bond acceptors (Lipinski definition) is 3. The highest BCUT2D eigenvalue weighted by atomic mass is 35.5. The van der Waals surface area contributed by atoms with Crippen molar-refractivity contribution in [2.24, 2.45) is 11.1 Å². The molecule has 1 atom stereocenters. The third-order valence-electron chi connectivity index (χ3n) is 3.24. The zero-order valence-electron chi connectivity index (χ0n) is 13.7. The summed E-state index contributed by atoms with van der Waals surface area (Å²) in [5.41, 5.74) is 5.81. The lowest BCUT2D eigenvalue weighted by Crippen LogP contribution is -2.49. The minimum Gasteiger partial charge on any atom is -0.355 e. The van der Waals surface area contributed by atoms with Gasteiger partial charge in [-0.3, -0.25) is 9.59 Å². The molecule has 0 saturated carbocycles. The number of nitrogens with two attached hydrogens (primary N) is 1. The van der Waals surface area contributed by atoms with Crippen molar-refractivity contribution in [2.45, 2.75) is 33.2 Å². The summed E-state index contributed by atoms with van der Waals surface area (Å²) in [6, 6.07) is 4.92. The van der Waals surface area contributed by atoms with Crippen LogP contribution in [0, 0.1) is 11.2 Å². The molecule has 2 amide bonds. The molecule has 1 aromatic carbocycles. The van der Waals surface area contributed by atoms with Gasteiger partial charge in [-0.1, -0.05) is 26.8 Å². The standard InChI is InChI=1S/C16H24FN3O2.ClH/c1-16(2,3)13(18)15(22)20-9-5-8-19-14(21)11-6-4-7-12(17)10-11;/h4,6-7,10,13H,5,8-9,18H2,1-3H3,(H,19,21)(H,20,22);1H/t13-;/m1./s1. The molecule has 0 spiro atoms. The van der Waals surface area contributed by atoms with Gasteiger partial charge in [0.2, 0.25) is 5.91 Å². The molecule has 0 unspecified atom stereocenters. The van der Waals surface area contributed by atoms with Crippen molar-refractivity contribution in [3.05, 3.63) is 35.6 Å². The molecule has 1 rings (SSSR count).